The largest absolute Gasteiger partial charge is 0.308 e. The van der Waals surface area contributed by atoms with Crippen molar-refractivity contribution in [2.75, 3.05) is 0 Å². The lowest BCUT2D eigenvalue weighted by Gasteiger charge is -2.20. The minimum Gasteiger partial charge on any atom is -0.308 e. The van der Waals surface area contributed by atoms with Crippen LogP contribution in [0.2, 0.25) is 5.02 Å². The van der Waals surface area contributed by atoms with E-state index < -0.39 is 0 Å². The Morgan fingerprint density at radius 3 is 2.25 bits per heavy atom. The van der Waals surface area contributed by atoms with Crippen molar-refractivity contribution in [1.29, 1.82) is 0 Å². The molecule has 2 aromatic carbocycles. The summed E-state index contributed by atoms with van der Waals surface area (Å²) in [7, 11) is 0. The first kappa shape index (κ1) is 15.1. The van der Waals surface area contributed by atoms with Gasteiger partial charge in [0.1, 0.15) is 0 Å². The quantitative estimate of drug-likeness (QED) is 0.787. The molecule has 0 spiro atoms. The molecule has 1 nitrogen and oxygen atoms in total. The highest BCUT2D eigenvalue weighted by atomic mass is 35.5. The van der Waals surface area contributed by atoms with E-state index in [4.69, 9.17) is 11.6 Å². The van der Waals surface area contributed by atoms with Crippen molar-refractivity contribution in [2.45, 2.75) is 38.8 Å². The molecule has 0 radical (unpaired) electrons. The van der Waals surface area contributed by atoms with Gasteiger partial charge in [0.15, 0.2) is 0 Å². The molecule has 0 saturated heterocycles. The third kappa shape index (κ3) is 4.66. The number of aryl methyl sites for hydroxylation is 1. The molecule has 0 aliphatic rings. The predicted octanol–water partition coefficient (Wildman–Crippen LogP) is 5.01. The normalized spacial score (nSPS) is 13.9. The maximum atomic E-state index is 5.92. The lowest BCUT2D eigenvalue weighted by Crippen LogP contribution is -2.29. The van der Waals surface area contributed by atoms with Gasteiger partial charge in [-0.25, -0.2) is 0 Å². The van der Waals surface area contributed by atoms with Crippen LogP contribution in [0, 0.1) is 0 Å². The number of rotatable bonds is 6. The summed E-state index contributed by atoms with van der Waals surface area (Å²) in [4.78, 5) is 0. The SMILES string of the molecule is CC(CCc1ccccc1)N[C@H](C)c1ccc(Cl)cc1. The Bertz CT molecular complexity index is 507. The summed E-state index contributed by atoms with van der Waals surface area (Å²) in [5.41, 5.74) is 2.68. The maximum Gasteiger partial charge on any atom is 0.0406 e. The van der Waals surface area contributed by atoms with Crippen molar-refractivity contribution >= 4 is 11.6 Å². The molecule has 2 atom stereocenters. The molecule has 0 aliphatic carbocycles. The maximum absolute atomic E-state index is 5.92. The van der Waals surface area contributed by atoms with Crippen LogP contribution in [0.1, 0.15) is 37.4 Å². The van der Waals surface area contributed by atoms with E-state index in [1.807, 2.05) is 12.1 Å². The third-order valence-corrected chi connectivity index (χ3v) is 3.87. The molecule has 0 aliphatic heterocycles. The highest BCUT2D eigenvalue weighted by Crippen LogP contribution is 2.17. The van der Waals surface area contributed by atoms with Gasteiger partial charge in [-0.2, -0.15) is 0 Å². The summed E-state index contributed by atoms with van der Waals surface area (Å²) in [6.07, 6.45) is 2.25. The van der Waals surface area contributed by atoms with Crippen LogP contribution in [0.15, 0.2) is 54.6 Å². The Morgan fingerprint density at radius 1 is 0.950 bits per heavy atom. The fraction of sp³-hybridized carbons (Fsp3) is 0.333. The van der Waals surface area contributed by atoms with Gasteiger partial charge in [-0.1, -0.05) is 54.1 Å². The van der Waals surface area contributed by atoms with Gasteiger partial charge < -0.3 is 5.32 Å². The fourth-order valence-electron chi connectivity index (χ4n) is 2.39. The third-order valence-electron chi connectivity index (χ3n) is 3.61. The topological polar surface area (TPSA) is 12.0 Å². The standard InChI is InChI=1S/C18H22ClN/c1-14(8-9-16-6-4-3-5-7-16)20-15(2)17-10-12-18(19)13-11-17/h3-7,10-15,20H,8-9H2,1-2H3/t14?,15-/m1/s1. The Morgan fingerprint density at radius 2 is 1.60 bits per heavy atom. The van der Waals surface area contributed by atoms with Crippen LogP contribution in [0.25, 0.3) is 0 Å². The highest BCUT2D eigenvalue weighted by Gasteiger charge is 2.09. The average Bonchev–Trinajstić information content (AvgIpc) is 2.47. The van der Waals surface area contributed by atoms with Gasteiger partial charge in [0, 0.05) is 17.1 Å². The number of nitrogens with one attached hydrogen (secondary N) is 1. The number of hydrogen-bond donors (Lipinski definition) is 1. The van der Waals surface area contributed by atoms with E-state index in [0.29, 0.717) is 12.1 Å². The Balaban J connectivity index is 1.82. The number of hydrogen-bond acceptors (Lipinski definition) is 1. The second-order valence-corrected chi connectivity index (χ2v) is 5.80. The van der Waals surface area contributed by atoms with Crippen LogP contribution in [0.4, 0.5) is 0 Å². The Hall–Kier alpha value is -1.31. The van der Waals surface area contributed by atoms with E-state index in [1.165, 1.54) is 11.1 Å². The number of benzene rings is 2. The summed E-state index contributed by atoms with van der Waals surface area (Å²) < 4.78 is 0. The molecule has 2 aromatic rings. The molecular weight excluding hydrogens is 266 g/mol. The Labute approximate surface area is 127 Å². The summed E-state index contributed by atoms with van der Waals surface area (Å²) in [6, 6.07) is 19.5. The zero-order chi connectivity index (χ0) is 14.4. The van der Waals surface area contributed by atoms with E-state index in [9.17, 15) is 0 Å². The summed E-state index contributed by atoms with van der Waals surface area (Å²) in [5, 5.41) is 4.43. The lowest BCUT2D eigenvalue weighted by atomic mass is 10.0. The minimum absolute atomic E-state index is 0.345. The van der Waals surface area contributed by atoms with Gasteiger partial charge in [0.2, 0.25) is 0 Å². The average molecular weight is 288 g/mol. The first-order valence-corrected chi connectivity index (χ1v) is 7.58. The smallest absolute Gasteiger partial charge is 0.0406 e. The molecule has 1 unspecified atom stereocenters. The summed E-state index contributed by atoms with van der Waals surface area (Å²) in [5.74, 6) is 0. The lowest BCUT2D eigenvalue weighted by molar-refractivity contribution is 0.456. The van der Waals surface area contributed by atoms with Crippen LogP contribution in [0.3, 0.4) is 0 Å². The van der Waals surface area contributed by atoms with Gasteiger partial charge in [-0.3, -0.25) is 0 Å². The number of halogens is 1. The van der Waals surface area contributed by atoms with Crippen molar-refractivity contribution in [3.8, 4) is 0 Å². The van der Waals surface area contributed by atoms with Gasteiger partial charge in [0.05, 0.1) is 0 Å². The molecule has 0 bridgehead atoms. The minimum atomic E-state index is 0.345. The second kappa shape index (κ2) is 7.47. The van der Waals surface area contributed by atoms with Crippen molar-refractivity contribution < 1.29 is 0 Å². The molecule has 0 saturated carbocycles. The molecule has 106 valence electrons. The van der Waals surface area contributed by atoms with Crippen LogP contribution in [0.5, 0.6) is 0 Å². The molecule has 0 heterocycles. The fourth-order valence-corrected chi connectivity index (χ4v) is 2.51. The molecule has 0 fully saturated rings. The van der Waals surface area contributed by atoms with Crippen molar-refractivity contribution in [1.82, 2.24) is 5.32 Å². The van der Waals surface area contributed by atoms with Crippen LogP contribution < -0.4 is 5.32 Å². The molecule has 2 rings (SSSR count). The van der Waals surface area contributed by atoms with Crippen LogP contribution >= 0.6 is 11.6 Å². The predicted molar refractivity (Wildman–Crippen MR) is 87.2 cm³/mol. The van der Waals surface area contributed by atoms with E-state index in [1.54, 1.807) is 0 Å². The molecule has 1 N–H and O–H groups in total. The van der Waals surface area contributed by atoms with Gasteiger partial charge in [0.25, 0.3) is 0 Å². The van der Waals surface area contributed by atoms with Crippen molar-refractivity contribution in [3.05, 3.63) is 70.7 Å². The molecule has 0 amide bonds. The summed E-state index contributed by atoms with van der Waals surface area (Å²) in [6.45, 7) is 4.44. The van der Waals surface area contributed by atoms with Gasteiger partial charge in [-0.05, 0) is 49.9 Å². The molecule has 20 heavy (non-hydrogen) atoms. The van der Waals surface area contributed by atoms with Crippen LogP contribution in [-0.4, -0.2) is 6.04 Å². The van der Waals surface area contributed by atoms with E-state index >= 15 is 0 Å². The van der Waals surface area contributed by atoms with Gasteiger partial charge in [-0.15, -0.1) is 0 Å². The molecular formula is C18H22ClN. The van der Waals surface area contributed by atoms with E-state index in [2.05, 4.69) is 61.6 Å². The van der Waals surface area contributed by atoms with Gasteiger partial charge >= 0.3 is 0 Å². The first-order valence-electron chi connectivity index (χ1n) is 7.20. The molecule has 0 aromatic heterocycles. The highest BCUT2D eigenvalue weighted by molar-refractivity contribution is 6.30. The zero-order valence-corrected chi connectivity index (χ0v) is 12.9. The van der Waals surface area contributed by atoms with E-state index in [0.717, 1.165) is 17.9 Å². The first-order chi connectivity index (χ1) is 9.65. The Kier molecular flexibility index (Phi) is 5.63. The molecule has 2 heteroatoms. The van der Waals surface area contributed by atoms with Crippen molar-refractivity contribution in [3.63, 3.8) is 0 Å². The van der Waals surface area contributed by atoms with Crippen LogP contribution in [-0.2, 0) is 6.42 Å². The monoisotopic (exact) mass is 287 g/mol. The zero-order valence-electron chi connectivity index (χ0n) is 12.1. The summed E-state index contributed by atoms with van der Waals surface area (Å²) >= 11 is 5.92. The van der Waals surface area contributed by atoms with Crippen molar-refractivity contribution in [2.24, 2.45) is 0 Å². The second-order valence-electron chi connectivity index (χ2n) is 5.37. The van der Waals surface area contributed by atoms with E-state index in [-0.39, 0.29) is 0 Å².